The third-order valence-electron chi connectivity index (χ3n) is 6.66. The Balaban J connectivity index is 1.59. The summed E-state index contributed by atoms with van der Waals surface area (Å²) in [5.74, 6) is 0.670. The Bertz CT molecular complexity index is 1640. The van der Waals surface area contributed by atoms with Crippen molar-refractivity contribution in [2.45, 2.75) is 19.4 Å². The van der Waals surface area contributed by atoms with E-state index >= 15 is 0 Å². The van der Waals surface area contributed by atoms with E-state index in [1.165, 1.54) is 16.8 Å². The van der Waals surface area contributed by atoms with E-state index < -0.39 is 23.2 Å². The summed E-state index contributed by atoms with van der Waals surface area (Å²) in [6.07, 6.45) is 2.21. The van der Waals surface area contributed by atoms with Gasteiger partial charge in [0.2, 0.25) is 24.9 Å². The molecule has 0 radical (unpaired) electrons. The molecule has 2 N–H and O–H groups in total. The first-order valence-electron chi connectivity index (χ1n) is 11.8. The van der Waals surface area contributed by atoms with Crippen LogP contribution in [0.15, 0.2) is 65.6 Å². The lowest BCUT2D eigenvalue weighted by Gasteiger charge is -2.22. The summed E-state index contributed by atoms with van der Waals surface area (Å²) in [6, 6.07) is 14.2. The molecule has 186 valence electrons. The lowest BCUT2D eigenvalue weighted by Crippen LogP contribution is -2.30. The molecule has 2 aliphatic heterocycles. The number of hydrogen-bond donors (Lipinski definition) is 1. The van der Waals surface area contributed by atoms with Crippen LogP contribution in [-0.4, -0.2) is 29.8 Å². The van der Waals surface area contributed by atoms with Gasteiger partial charge in [0.25, 0.3) is 0 Å². The van der Waals surface area contributed by atoms with E-state index in [1.807, 2.05) is 19.1 Å². The van der Waals surface area contributed by atoms with Gasteiger partial charge >= 0.3 is 0 Å². The molecule has 0 saturated heterocycles. The van der Waals surface area contributed by atoms with E-state index in [-0.39, 0.29) is 24.5 Å². The molecule has 3 aromatic carbocycles. The number of ether oxygens (including phenoxy) is 4. The minimum atomic E-state index is -1.06. The number of ketones is 1. The average molecular weight is 498 g/mol. The fourth-order valence-corrected chi connectivity index (χ4v) is 4.71. The maximum atomic E-state index is 13.6. The number of benzene rings is 3. The fraction of sp³-hybridized carbons (Fsp3) is 0.179. The summed E-state index contributed by atoms with van der Waals surface area (Å²) in [6.45, 7) is 2.08. The molecule has 1 unspecified atom stereocenters. The molecular weight excluding hydrogens is 476 g/mol. The molecule has 0 bridgehead atoms. The molecule has 6 rings (SSSR count). The number of nitrogens with two attached hydrogens (primary N) is 1. The van der Waals surface area contributed by atoms with E-state index in [9.17, 15) is 14.4 Å². The Kier molecular flexibility index (Phi) is 5.33. The highest BCUT2D eigenvalue weighted by atomic mass is 16.7. The Morgan fingerprint density at radius 3 is 2.22 bits per heavy atom. The summed E-state index contributed by atoms with van der Waals surface area (Å²) >= 11 is 0. The lowest BCUT2D eigenvalue weighted by atomic mass is 9.98. The Morgan fingerprint density at radius 1 is 0.892 bits per heavy atom. The third kappa shape index (κ3) is 3.76. The van der Waals surface area contributed by atoms with Crippen LogP contribution in [0.1, 0.15) is 40.0 Å². The van der Waals surface area contributed by atoms with Gasteiger partial charge in [0, 0.05) is 17.8 Å². The van der Waals surface area contributed by atoms with Crippen molar-refractivity contribution in [1.29, 1.82) is 0 Å². The van der Waals surface area contributed by atoms with Gasteiger partial charge < -0.3 is 29.2 Å². The number of aromatic nitrogens is 1. The maximum absolute atomic E-state index is 13.6. The summed E-state index contributed by atoms with van der Waals surface area (Å²) < 4.78 is 23.4. The van der Waals surface area contributed by atoms with Gasteiger partial charge in [-0.1, -0.05) is 37.3 Å². The number of hydrogen-bond acceptors (Lipinski definition) is 7. The predicted octanol–water partition coefficient (Wildman–Crippen LogP) is 3.33. The van der Waals surface area contributed by atoms with Crippen molar-refractivity contribution in [3.63, 3.8) is 0 Å². The normalized spacial score (nSPS) is 14.1. The average Bonchev–Trinajstić information content (AvgIpc) is 3.57. The second kappa shape index (κ2) is 8.70. The molecule has 1 atom stereocenters. The number of carbonyl (C=O) groups is 2. The number of rotatable bonds is 6. The van der Waals surface area contributed by atoms with Crippen LogP contribution in [0.3, 0.4) is 0 Å². The smallest absolute Gasteiger partial charge is 0.245 e. The van der Waals surface area contributed by atoms with Gasteiger partial charge in [-0.05, 0) is 35.7 Å². The largest absolute Gasteiger partial charge is 0.454 e. The van der Waals surface area contributed by atoms with E-state index in [0.717, 1.165) is 12.0 Å². The summed E-state index contributed by atoms with van der Waals surface area (Å²) in [7, 11) is 0. The van der Waals surface area contributed by atoms with Crippen LogP contribution in [-0.2, 0) is 11.2 Å². The number of pyridine rings is 1. The van der Waals surface area contributed by atoms with Crippen LogP contribution >= 0.6 is 0 Å². The van der Waals surface area contributed by atoms with Crippen molar-refractivity contribution in [3.05, 3.63) is 93.3 Å². The quantitative estimate of drug-likeness (QED) is 0.405. The first kappa shape index (κ1) is 22.7. The summed E-state index contributed by atoms with van der Waals surface area (Å²) in [5, 5.41) is 0.201. The maximum Gasteiger partial charge on any atom is 0.245 e. The van der Waals surface area contributed by atoms with Crippen molar-refractivity contribution in [3.8, 4) is 23.0 Å². The van der Waals surface area contributed by atoms with Crippen molar-refractivity contribution < 1.29 is 28.5 Å². The predicted molar refractivity (Wildman–Crippen MR) is 133 cm³/mol. The second-order valence-corrected chi connectivity index (χ2v) is 8.80. The molecular formula is C28H22N2O7. The molecule has 0 aliphatic carbocycles. The van der Waals surface area contributed by atoms with E-state index in [1.54, 1.807) is 36.4 Å². The van der Waals surface area contributed by atoms with Crippen molar-refractivity contribution in [2.24, 2.45) is 5.73 Å². The Morgan fingerprint density at radius 2 is 1.54 bits per heavy atom. The lowest BCUT2D eigenvalue weighted by molar-refractivity contribution is -0.120. The molecule has 1 aromatic heterocycles. The molecule has 1 amide bonds. The molecule has 2 aliphatic rings. The van der Waals surface area contributed by atoms with Crippen LogP contribution < -0.4 is 30.1 Å². The molecule has 3 heterocycles. The van der Waals surface area contributed by atoms with Crippen LogP contribution in [0, 0.1) is 0 Å². The molecule has 0 fully saturated rings. The number of carbonyl (C=O) groups excluding carboxylic acids is 2. The number of fused-ring (bicyclic) bond motifs is 3. The standard InChI is InChI=1S/C28H22N2O7/c1-2-15-3-5-16(6-4-15)26(31)19-12-30(20-11-24-23(36-14-37-24)10-18(20)27(19)32)25(28(29)33)17-7-8-21-22(9-17)35-13-34-21/h3-12,25H,2,13-14H2,1H3,(H2,29,33). The Labute approximate surface area is 210 Å². The highest BCUT2D eigenvalue weighted by molar-refractivity contribution is 6.10. The summed E-state index contributed by atoms with van der Waals surface area (Å²) in [5.41, 5.74) is 7.63. The van der Waals surface area contributed by atoms with Gasteiger partial charge in [0.15, 0.2) is 28.8 Å². The topological polar surface area (TPSA) is 119 Å². The zero-order valence-electron chi connectivity index (χ0n) is 19.9. The molecule has 9 nitrogen and oxygen atoms in total. The van der Waals surface area contributed by atoms with Gasteiger partial charge in [0.05, 0.1) is 16.5 Å². The zero-order valence-corrected chi connectivity index (χ0v) is 19.9. The molecule has 37 heavy (non-hydrogen) atoms. The van der Waals surface area contributed by atoms with Crippen molar-refractivity contribution >= 4 is 22.6 Å². The second-order valence-electron chi connectivity index (χ2n) is 8.80. The fourth-order valence-electron chi connectivity index (χ4n) is 4.71. The Hall–Kier alpha value is -4.79. The molecule has 9 heteroatoms. The van der Waals surface area contributed by atoms with Gasteiger partial charge in [-0.15, -0.1) is 0 Å². The van der Waals surface area contributed by atoms with E-state index in [0.29, 0.717) is 39.6 Å². The van der Waals surface area contributed by atoms with Crippen molar-refractivity contribution in [2.75, 3.05) is 13.6 Å². The van der Waals surface area contributed by atoms with Gasteiger partial charge in [-0.2, -0.15) is 0 Å². The molecule has 0 saturated carbocycles. The van der Waals surface area contributed by atoms with Crippen LogP contribution in [0.4, 0.5) is 0 Å². The van der Waals surface area contributed by atoms with Crippen LogP contribution in [0.25, 0.3) is 10.9 Å². The minimum Gasteiger partial charge on any atom is -0.454 e. The number of amides is 1. The monoisotopic (exact) mass is 498 g/mol. The van der Waals surface area contributed by atoms with E-state index in [4.69, 9.17) is 24.7 Å². The molecule has 4 aromatic rings. The number of aryl methyl sites for hydroxylation is 1. The van der Waals surface area contributed by atoms with Gasteiger partial charge in [0.1, 0.15) is 6.04 Å². The highest BCUT2D eigenvalue weighted by Gasteiger charge is 2.28. The zero-order chi connectivity index (χ0) is 25.7. The first-order chi connectivity index (χ1) is 17.9. The SMILES string of the molecule is CCc1ccc(C(=O)c2cn(C(C(N)=O)c3ccc4c(c3)OCO4)c3cc4c(cc3c2=O)OCO4)cc1. The number of primary amides is 1. The summed E-state index contributed by atoms with van der Waals surface area (Å²) in [4.78, 5) is 40.1. The third-order valence-corrected chi connectivity index (χ3v) is 6.66. The van der Waals surface area contributed by atoms with E-state index in [2.05, 4.69) is 0 Å². The van der Waals surface area contributed by atoms with Crippen LogP contribution in [0.2, 0.25) is 0 Å². The van der Waals surface area contributed by atoms with Gasteiger partial charge in [-0.25, -0.2) is 0 Å². The first-order valence-corrected chi connectivity index (χ1v) is 11.8. The highest BCUT2D eigenvalue weighted by Crippen LogP contribution is 2.38. The number of nitrogens with zero attached hydrogens (tertiary/aromatic N) is 1. The molecule has 0 spiro atoms. The minimum absolute atomic E-state index is 0.00316. The van der Waals surface area contributed by atoms with Crippen LogP contribution in [0.5, 0.6) is 23.0 Å². The van der Waals surface area contributed by atoms with Crippen molar-refractivity contribution in [1.82, 2.24) is 4.57 Å². The van der Waals surface area contributed by atoms with Gasteiger partial charge in [-0.3, -0.25) is 14.4 Å².